The van der Waals surface area contributed by atoms with Gasteiger partial charge in [0.05, 0.1) is 0 Å². The van der Waals surface area contributed by atoms with E-state index in [2.05, 4.69) is 18.8 Å². The number of carbonyl (C=O) groups is 1. The molecule has 3 nitrogen and oxygen atoms in total. The van der Waals surface area contributed by atoms with Crippen LogP contribution in [0, 0.1) is 0 Å². The number of hydrogen-bond donors (Lipinski definition) is 1. The van der Waals surface area contributed by atoms with Crippen LogP contribution in [0.1, 0.15) is 26.2 Å². The first-order valence-corrected chi connectivity index (χ1v) is 7.11. The molecule has 0 radical (unpaired) electrons. The molecule has 2 aliphatic heterocycles. The van der Waals surface area contributed by atoms with Crippen LogP contribution >= 0.6 is 11.8 Å². The van der Waals surface area contributed by atoms with Gasteiger partial charge < -0.3 is 10.2 Å². The molecule has 0 aromatic carbocycles. The summed E-state index contributed by atoms with van der Waals surface area (Å²) in [5, 5.41) is 3.74. The number of nitrogens with one attached hydrogen (secondary N) is 1. The van der Waals surface area contributed by atoms with Crippen molar-refractivity contribution in [3.63, 3.8) is 0 Å². The summed E-state index contributed by atoms with van der Waals surface area (Å²) >= 11 is 1.84. The first-order valence-electron chi connectivity index (χ1n) is 6.06. The summed E-state index contributed by atoms with van der Waals surface area (Å²) < 4.78 is 0. The Labute approximate surface area is 102 Å². The normalized spacial score (nSPS) is 28.9. The number of rotatable bonds is 5. The van der Waals surface area contributed by atoms with Gasteiger partial charge in [0.2, 0.25) is 5.91 Å². The van der Waals surface area contributed by atoms with Crippen molar-refractivity contribution in [3.8, 4) is 0 Å². The zero-order valence-electron chi connectivity index (χ0n) is 9.87. The van der Waals surface area contributed by atoms with Gasteiger partial charge in [-0.2, -0.15) is 0 Å². The topological polar surface area (TPSA) is 32.3 Å². The molecule has 2 atom stereocenters. The number of hydrogen-bond acceptors (Lipinski definition) is 3. The molecule has 0 aliphatic carbocycles. The molecule has 0 aromatic rings. The summed E-state index contributed by atoms with van der Waals surface area (Å²) in [6, 6.07) is 0.0648. The van der Waals surface area contributed by atoms with Gasteiger partial charge in [-0.1, -0.05) is 26.3 Å². The molecule has 90 valence electrons. The summed E-state index contributed by atoms with van der Waals surface area (Å²) in [5.74, 6) is 1.26. The lowest BCUT2D eigenvalue weighted by Crippen LogP contribution is -2.70. The quantitative estimate of drug-likeness (QED) is 0.450. The highest BCUT2D eigenvalue weighted by molar-refractivity contribution is 8.00. The van der Waals surface area contributed by atoms with E-state index in [0.29, 0.717) is 5.37 Å². The van der Waals surface area contributed by atoms with E-state index in [0.717, 1.165) is 18.8 Å². The van der Waals surface area contributed by atoms with E-state index in [9.17, 15) is 4.79 Å². The average molecular weight is 240 g/mol. The minimum atomic E-state index is 0.0648. The number of fused-ring (bicyclic) bond motifs is 1. The fraction of sp³-hybridized carbons (Fsp3) is 0.750. The lowest BCUT2D eigenvalue weighted by Gasteiger charge is -2.50. The lowest BCUT2D eigenvalue weighted by atomic mass is 10.1. The van der Waals surface area contributed by atoms with E-state index < -0.39 is 0 Å². The van der Waals surface area contributed by atoms with Crippen LogP contribution in [0.15, 0.2) is 12.2 Å². The molecule has 2 saturated heterocycles. The molecule has 4 heteroatoms. The van der Waals surface area contributed by atoms with Gasteiger partial charge in [-0.15, -0.1) is 11.8 Å². The Morgan fingerprint density at radius 3 is 3.12 bits per heavy atom. The first-order chi connectivity index (χ1) is 7.74. The Bertz CT molecular complexity index is 293. The molecule has 16 heavy (non-hydrogen) atoms. The van der Waals surface area contributed by atoms with Crippen molar-refractivity contribution in [1.29, 1.82) is 0 Å². The Morgan fingerprint density at radius 1 is 1.56 bits per heavy atom. The third-order valence-electron chi connectivity index (χ3n) is 3.14. The first kappa shape index (κ1) is 12.0. The van der Waals surface area contributed by atoms with Gasteiger partial charge in [0.25, 0.3) is 0 Å². The van der Waals surface area contributed by atoms with Crippen LogP contribution in [-0.4, -0.2) is 41.1 Å². The molecule has 2 heterocycles. The van der Waals surface area contributed by atoms with Gasteiger partial charge in [0.15, 0.2) is 0 Å². The van der Waals surface area contributed by atoms with Gasteiger partial charge >= 0.3 is 0 Å². The summed E-state index contributed by atoms with van der Waals surface area (Å²) in [6.07, 6.45) is 3.64. The molecule has 0 spiro atoms. The van der Waals surface area contributed by atoms with E-state index in [4.69, 9.17) is 0 Å². The Hall–Kier alpha value is -0.480. The van der Waals surface area contributed by atoms with Crippen LogP contribution in [0.5, 0.6) is 0 Å². The van der Waals surface area contributed by atoms with Crippen molar-refractivity contribution in [2.45, 2.75) is 37.6 Å². The smallest absolute Gasteiger partial charge is 0.244 e. The van der Waals surface area contributed by atoms with Gasteiger partial charge in [-0.25, -0.2) is 0 Å². The second-order valence-electron chi connectivity index (χ2n) is 4.56. The number of nitrogens with zero attached hydrogens (tertiary/aromatic N) is 1. The second-order valence-corrected chi connectivity index (χ2v) is 5.66. The minimum Gasteiger partial charge on any atom is -0.323 e. The zero-order chi connectivity index (χ0) is 11.5. The number of carbonyl (C=O) groups excluding carboxylic acids is 1. The predicted octanol–water partition coefficient (Wildman–Crippen LogP) is 1.61. The van der Waals surface area contributed by atoms with Crippen LogP contribution in [0.25, 0.3) is 0 Å². The van der Waals surface area contributed by atoms with Crippen molar-refractivity contribution in [2.75, 3.05) is 18.8 Å². The maximum absolute atomic E-state index is 11.8. The molecule has 1 amide bonds. The Balaban J connectivity index is 1.76. The molecular formula is C12H20N2OS. The van der Waals surface area contributed by atoms with Gasteiger partial charge in [0.1, 0.15) is 11.4 Å². The summed E-state index contributed by atoms with van der Waals surface area (Å²) in [5.41, 5.74) is 1.17. The highest BCUT2D eigenvalue weighted by Gasteiger charge is 2.48. The van der Waals surface area contributed by atoms with Crippen LogP contribution in [0.2, 0.25) is 0 Å². The number of β-lactam (4-membered cyclic amide) rings is 1. The molecule has 0 bridgehead atoms. The summed E-state index contributed by atoms with van der Waals surface area (Å²) in [7, 11) is 0. The average Bonchev–Trinajstić information content (AvgIpc) is 2.29. The van der Waals surface area contributed by atoms with Crippen molar-refractivity contribution in [2.24, 2.45) is 0 Å². The molecule has 0 aromatic heterocycles. The van der Waals surface area contributed by atoms with E-state index >= 15 is 0 Å². The highest BCUT2D eigenvalue weighted by atomic mass is 32.2. The number of thioether (sulfide) groups is 1. The van der Waals surface area contributed by atoms with E-state index in [1.165, 1.54) is 24.8 Å². The minimum absolute atomic E-state index is 0.0648. The third-order valence-corrected chi connectivity index (χ3v) is 4.58. The van der Waals surface area contributed by atoms with E-state index in [1.54, 1.807) is 0 Å². The van der Waals surface area contributed by atoms with Gasteiger partial charge in [0, 0.05) is 12.3 Å². The SMILES string of the molecule is C=C1CS[C@@H]2C(NCCCCC)C(=O)N2C1. The fourth-order valence-electron chi connectivity index (χ4n) is 2.19. The molecule has 2 fully saturated rings. The largest absolute Gasteiger partial charge is 0.323 e. The maximum atomic E-state index is 11.8. The highest BCUT2D eigenvalue weighted by Crippen LogP contribution is 2.35. The predicted molar refractivity (Wildman–Crippen MR) is 68.4 cm³/mol. The van der Waals surface area contributed by atoms with E-state index in [-0.39, 0.29) is 11.9 Å². The molecule has 1 N–H and O–H groups in total. The van der Waals surface area contributed by atoms with Gasteiger partial charge in [-0.3, -0.25) is 4.79 Å². The lowest BCUT2D eigenvalue weighted by molar-refractivity contribution is -0.145. The molecule has 1 unspecified atom stereocenters. The molecule has 2 aliphatic rings. The van der Waals surface area contributed by atoms with Crippen molar-refractivity contribution in [3.05, 3.63) is 12.2 Å². The monoisotopic (exact) mass is 240 g/mol. The third kappa shape index (κ3) is 2.28. The Morgan fingerprint density at radius 2 is 2.38 bits per heavy atom. The molecule has 2 rings (SSSR count). The number of unbranched alkanes of at least 4 members (excludes halogenated alkanes) is 2. The molecule has 0 saturated carbocycles. The fourth-order valence-corrected chi connectivity index (χ4v) is 3.45. The van der Waals surface area contributed by atoms with Crippen LogP contribution < -0.4 is 5.32 Å². The number of amides is 1. The second kappa shape index (κ2) is 5.23. The zero-order valence-corrected chi connectivity index (χ0v) is 10.7. The van der Waals surface area contributed by atoms with Crippen LogP contribution in [0.3, 0.4) is 0 Å². The standard InChI is InChI=1S/C12H20N2OS/c1-3-4-5-6-13-10-11(15)14-7-9(2)8-16-12(10)14/h10,12-13H,2-8H2,1H3/t10?,12-/m1/s1. The van der Waals surface area contributed by atoms with Crippen molar-refractivity contribution >= 4 is 17.7 Å². The Kier molecular flexibility index (Phi) is 3.92. The maximum Gasteiger partial charge on any atom is 0.244 e. The summed E-state index contributed by atoms with van der Waals surface area (Å²) in [4.78, 5) is 13.8. The summed E-state index contributed by atoms with van der Waals surface area (Å²) in [6.45, 7) is 7.87. The van der Waals surface area contributed by atoms with Crippen LogP contribution in [0.4, 0.5) is 0 Å². The van der Waals surface area contributed by atoms with E-state index in [1.807, 2.05) is 16.7 Å². The van der Waals surface area contributed by atoms with Crippen molar-refractivity contribution < 1.29 is 4.79 Å². The van der Waals surface area contributed by atoms with Crippen LogP contribution in [-0.2, 0) is 4.79 Å². The van der Waals surface area contributed by atoms with Gasteiger partial charge in [-0.05, 0) is 18.5 Å². The molecular weight excluding hydrogens is 220 g/mol. The van der Waals surface area contributed by atoms with Crippen molar-refractivity contribution in [1.82, 2.24) is 10.2 Å².